The lowest BCUT2D eigenvalue weighted by molar-refractivity contribution is 0.226. The second kappa shape index (κ2) is 7.25. The van der Waals surface area contributed by atoms with Crippen LogP contribution in [0.5, 0.6) is 0 Å². The molecule has 0 aliphatic carbocycles. The molecule has 0 bridgehead atoms. The van der Waals surface area contributed by atoms with Gasteiger partial charge in [0.05, 0.1) is 14.8 Å². The molecule has 1 aromatic rings. The number of hydrogen-bond acceptors (Lipinski definition) is 1. The van der Waals surface area contributed by atoms with Gasteiger partial charge in [-0.15, -0.1) is 0 Å². The predicted molar refractivity (Wildman–Crippen MR) is 104 cm³/mol. The molecule has 1 heterocycles. The lowest BCUT2D eigenvalue weighted by atomic mass is 9.80. The van der Waals surface area contributed by atoms with Crippen molar-refractivity contribution in [3.05, 3.63) is 45.8 Å². The zero-order valence-corrected chi connectivity index (χ0v) is 17.3. The van der Waals surface area contributed by atoms with Gasteiger partial charge in [-0.1, -0.05) is 56.3 Å². The van der Waals surface area contributed by atoms with E-state index in [9.17, 15) is 0 Å². The van der Waals surface area contributed by atoms with E-state index in [0.717, 1.165) is 11.8 Å². The Hall–Kier alpha value is -1.02. The van der Waals surface area contributed by atoms with Crippen molar-refractivity contribution in [1.82, 2.24) is 4.90 Å². The summed E-state index contributed by atoms with van der Waals surface area (Å²) in [6, 6.07) is 5.26. The highest BCUT2D eigenvalue weighted by Gasteiger charge is 2.33. The van der Waals surface area contributed by atoms with Crippen LogP contribution in [0.25, 0.3) is 0 Å². The molecule has 0 N–H and O–H groups in total. The number of aryl methyl sites for hydroxylation is 2. The summed E-state index contributed by atoms with van der Waals surface area (Å²) in [6.45, 7) is 16.5. The second-order valence-corrected chi connectivity index (χ2v) is 10.4. The first-order valence-corrected chi connectivity index (χ1v) is 11.6. The molecule has 0 amide bonds. The van der Waals surface area contributed by atoms with E-state index in [-0.39, 0.29) is 8.80 Å². The topological polar surface area (TPSA) is 3.24 Å². The molecule has 23 heavy (non-hydrogen) atoms. The molecule has 0 saturated carbocycles. The van der Waals surface area contributed by atoms with E-state index >= 15 is 0 Å². The number of nitrogens with zero attached hydrogens (tertiary/aromatic N) is 1. The first-order valence-electron chi connectivity index (χ1n) is 9.08. The average molecular weight is 329 g/mol. The van der Waals surface area contributed by atoms with Crippen molar-refractivity contribution in [2.75, 3.05) is 7.05 Å². The average Bonchev–Trinajstić information content (AvgIpc) is 2.49. The summed E-state index contributed by atoms with van der Waals surface area (Å²) in [5.74, 6) is 1.54. The molecule has 1 nitrogen and oxygen atoms in total. The van der Waals surface area contributed by atoms with Crippen LogP contribution in [-0.2, 0) is 0 Å². The molecule has 127 valence electrons. The normalized spacial score (nSPS) is 23.2. The SMILES string of the molecule is CCC(C)C1CC(c2cc(C)cc(C)c2C)N(C)C=C1[Si](C)C. The van der Waals surface area contributed by atoms with Gasteiger partial charge < -0.3 is 4.90 Å². The van der Waals surface area contributed by atoms with Crippen LogP contribution in [0.2, 0.25) is 13.1 Å². The maximum Gasteiger partial charge on any atom is 0.0760 e. The summed E-state index contributed by atoms with van der Waals surface area (Å²) in [6.07, 6.45) is 5.05. The van der Waals surface area contributed by atoms with E-state index in [1.807, 2.05) is 0 Å². The van der Waals surface area contributed by atoms with Gasteiger partial charge in [-0.05, 0) is 61.9 Å². The summed E-state index contributed by atoms with van der Waals surface area (Å²) in [5.41, 5.74) is 5.83. The maximum atomic E-state index is 2.50. The van der Waals surface area contributed by atoms with E-state index in [1.54, 1.807) is 5.20 Å². The van der Waals surface area contributed by atoms with Crippen LogP contribution in [0.3, 0.4) is 0 Å². The monoisotopic (exact) mass is 328 g/mol. The Kier molecular flexibility index (Phi) is 5.78. The zero-order valence-electron chi connectivity index (χ0n) is 16.3. The van der Waals surface area contributed by atoms with Crippen molar-refractivity contribution >= 4 is 8.80 Å². The highest BCUT2D eigenvalue weighted by atomic mass is 28.3. The van der Waals surface area contributed by atoms with Crippen LogP contribution in [0.15, 0.2) is 23.5 Å². The first-order chi connectivity index (χ1) is 10.8. The van der Waals surface area contributed by atoms with Crippen molar-refractivity contribution in [3.8, 4) is 0 Å². The van der Waals surface area contributed by atoms with E-state index in [4.69, 9.17) is 0 Å². The number of allylic oxidation sites excluding steroid dienone is 1. The molecule has 1 aliphatic rings. The van der Waals surface area contributed by atoms with E-state index < -0.39 is 0 Å². The van der Waals surface area contributed by atoms with Gasteiger partial charge >= 0.3 is 0 Å². The van der Waals surface area contributed by atoms with Gasteiger partial charge in [-0.25, -0.2) is 0 Å². The summed E-state index contributed by atoms with van der Waals surface area (Å²) in [5, 5.41) is 1.74. The molecule has 0 aromatic heterocycles. The molecule has 1 aromatic carbocycles. The van der Waals surface area contributed by atoms with Crippen molar-refractivity contribution in [2.45, 2.75) is 66.6 Å². The minimum Gasteiger partial charge on any atom is -0.374 e. The van der Waals surface area contributed by atoms with Gasteiger partial charge in [0.25, 0.3) is 0 Å². The third-order valence-corrected chi connectivity index (χ3v) is 7.48. The second-order valence-electron chi connectivity index (χ2n) is 7.79. The number of hydrogen-bond donors (Lipinski definition) is 0. The molecular formula is C21H34NSi. The summed E-state index contributed by atoms with van der Waals surface area (Å²) in [4.78, 5) is 2.49. The summed E-state index contributed by atoms with van der Waals surface area (Å²) < 4.78 is 0. The van der Waals surface area contributed by atoms with Crippen LogP contribution >= 0.6 is 0 Å². The maximum absolute atomic E-state index is 2.50. The van der Waals surface area contributed by atoms with E-state index in [2.05, 4.69) is 78.0 Å². The Morgan fingerprint density at radius 3 is 2.43 bits per heavy atom. The minimum atomic E-state index is -0.382. The van der Waals surface area contributed by atoms with Crippen LogP contribution < -0.4 is 0 Å². The van der Waals surface area contributed by atoms with Crippen molar-refractivity contribution in [3.63, 3.8) is 0 Å². The van der Waals surface area contributed by atoms with Gasteiger partial charge in [0.15, 0.2) is 0 Å². The lowest BCUT2D eigenvalue weighted by Crippen LogP contribution is -2.35. The van der Waals surface area contributed by atoms with Gasteiger partial charge in [-0.2, -0.15) is 0 Å². The number of benzene rings is 1. The Labute approximate surface area is 145 Å². The molecule has 0 spiro atoms. The minimum absolute atomic E-state index is 0.382. The molecule has 3 unspecified atom stereocenters. The van der Waals surface area contributed by atoms with Gasteiger partial charge in [-0.3, -0.25) is 0 Å². The smallest absolute Gasteiger partial charge is 0.0760 e. The molecule has 0 fully saturated rings. The lowest BCUT2D eigenvalue weighted by Gasteiger charge is -2.42. The summed E-state index contributed by atoms with van der Waals surface area (Å²) >= 11 is 0. The quantitative estimate of drug-likeness (QED) is 0.629. The Morgan fingerprint density at radius 2 is 1.87 bits per heavy atom. The third-order valence-electron chi connectivity index (χ3n) is 5.83. The van der Waals surface area contributed by atoms with Crippen LogP contribution in [0.1, 0.15) is 55.0 Å². The number of rotatable bonds is 4. The molecule has 2 rings (SSSR count). The fraction of sp³-hybridized carbons (Fsp3) is 0.619. The molecule has 2 heteroatoms. The molecule has 1 radical (unpaired) electrons. The van der Waals surface area contributed by atoms with Crippen molar-refractivity contribution < 1.29 is 0 Å². The molecule has 0 saturated heterocycles. The Bertz CT molecular complexity index is 588. The fourth-order valence-electron chi connectivity index (χ4n) is 4.03. The molecule has 3 atom stereocenters. The van der Waals surface area contributed by atoms with Crippen molar-refractivity contribution in [2.24, 2.45) is 11.8 Å². The molecular weight excluding hydrogens is 294 g/mol. The predicted octanol–water partition coefficient (Wildman–Crippen LogP) is 5.83. The van der Waals surface area contributed by atoms with E-state index in [1.165, 1.54) is 35.1 Å². The van der Waals surface area contributed by atoms with Crippen molar-refractivity contribution in [1.29, 1.82) is 0 Å². The highest BCUT2D eigenvalue weighted by molar-refractivity contribution is 6.64. The fourth-order valence-corrected chi connectivity index (χ4v) is 5.63. The van der Waals surface area contributed by atoms with Gasteiger partial charge in [0.2, 0.25) is 0 Å². The zero-order chi connectivity index (χ0) is 17.3. The Morgan fingerprint density at radius 1 is 1.22 bits per heavy atom. The van der Waals surface area contributed by atoms with Gasteiger partial charge in [0.1, 0.15) is 0 Å². The van der Waals surface area contributed by atoms with Crippen LogP contribution in [-0.4, -0.2) is 20.7 Å². The standard InChI is InChI=1S/C21H34NSi/c1-9-15(3)18-12-20(22(6)13-21(18)23(7)8)19-11-14(2)10-16(4)17(19)5/h10-11,13,15,18,20H,9,12H2,1-8H3. The Balaban J connectivity index is 2.46. The summed E-state index contributed by atoms with van der Waals surface area (Å²) in [7, 11) is 1.90. The largest absolute Gasteiger partial charge is 0.374 e. The van der Waals surface area contributed by atoms with Crippen LogP contribution in [0, 0.1) is 32.6 Å². The third kappa shape index (κ3) is 3.73. The van der Waals surface area contributed by atoms with Gasteiger partial charge in [0, 0.05) is 7.05 Å². The van der Waals surface area contributed by atoms with Crippen LogP contribution in [0.4, 0.5) is 0 Å². The van der Waals surface area contributed by atoms with E-state index in [0.29, 0.717) is 6.04 Å². The highest BCUT2D eigenvalue weighted by Crippen LogP contribution is 2.42. The first kappa shape index (κ1) is 18.3. The molecule has 1 aliphatic heterocycles.